The van der Waals surface area contributed by atoms with Gasteiger partial charge in [-0.3, -0.25) is 10.1 Å². The van der Waals surface area contributed by atoms with E-state index in [1.165, 1.54) is 6.20 Å². The number of nitrogen functional groups attached to an aromatic ring is 1. The molecule has 0 bridgehead atoms. The fourth-order valence-electron chi connectivity index (χ4n) is 4.31. The van der Waals surface area contributed by atoms with E-state index in [-0.39, 0.29) is 22.9 Å². The van der Waals surface area contributed by atoms with Gasteiger partial charge in [-0.05, 0) is 30.0 Å². The molecule has 34 heavy (non-hydrogen) atoms. The molecule has 176 valence electrons. The zero-order valence-corrected chi connectivity index (χ0v) is 18.5. The highest BCUT2D eigenvalue weighted by molar-refractivity contribution is 6.00. The Kier molecular flexibility index (Phi) is 5.20. The zero-order chi connectivity index (χ0) is 24.1. The second-order valence-corrected chi connectivity index (χ2v) is 8.41. The molecule has 5 rings (SSSR count). The minimum Gasteiger partial charge on any atom is -0.474 e. The van der Waals surface area contributed by atoms with Gasteiger partial charge in [0.15, 0.2) is 11.6 Å². The molecule has 1 aliphatic heterocycles. The van der Waals surface area contributed by atoms with Crippen molar-refractivity contribution in [2.24, 2.45) is 11.7 Å². The first kappa shape index (κ1) is 21.8. The minimum atomic E-state index is -0.830. The summed E-state index contributed by atoms with van der Waals surface area (Å²) in [4.78, 5) is 32.3. The third-order valence-electron chi connectivity index (χ3n) is 6.33. The summed E-state index contributed by atoms with van der Waals surface area (Å²) in [7, 11) is 0. The number of nitrogens with zero attached hydrogens (tertiary/aromatic N) is 2. The van der Waals surface area contributed by atoms with Crippen LogP contribution in [0.4, 0.5) is 26.4 Å². The lowest BCUT2D eigenvalue weighted by Gasteiger charge is -2.37. The molecule has 1 aliphatic carbocycles. The van der Waals surface area contributed by atoms with E-state index in [2.05, 4.69) is 20.6 Å². The van der Waals surface area contributed by atoms with Crippen LogP contribution >= 0.6 is 0 Å². The van der Waals surface area contributed by atoms with E-state index in [1.807, 2.05) is 6.92 Å². The van der Waals surface area contributed by atoms with Crippen LogP contribution in [-0.4, -0.2) is 47.1 Å². The number of pyridine rings is 2. The number of anilines is 3. The first-order chi connectivity index (χ1) is 16.3. The Morgan fingerprint density at radius 2 is 2.09 bits per heavy atom. The lowest BCUT2D eigenvalue weighted by molar-refractivity contribution is -0.141. The smallest absolute Gasteiger partial charge is 0.413 e. The first-order valence-electron chi connectivity index (χ1n) is 10.8. The van der Waals surface area contributed by atoms with Crippen LogP contribution in [0.3, 0.4) is 0 Å². The molecule has 0 spiro atoms. The number of nitrogens with one attached hydrogen (secondary N) is 2. The van der Waals surface area contributed by atoms with Gasteiger partial charge in [0.2, 0.25) is 5.88 Å². The Bertz CT molecular complexity index is 1340. The third-order valence-corrected chi connectivity index (χ3v) is 6.33. The molecule has 6 N–H and O–H groups in total. The average Bonchev–Trinajstić information content (AvgIpc) is 2.84. The van der Waals surface area contributed by atoms with E-state index < -0.39 is 30.0 Å². The van der Waals surface area contributed by atoms with Crippen LogP contribution in [0.1, 0.15) is 12.5 Å². The first-order valence-corrected chi connectivity index (χ1v) is 10.8. The van der Waals surface area contributed by atoms with Gasteiger partial charge >= 0.3 is 6.09 Å². The van der Waals surface area contributed by atoms with Crippen molar-refractivity contribution in [3.05, 3.63) is 35.9 Å². The van der Waals surface area contributed by atoms with E-state index in [9.17, 15) is 9.59 Å². The maximum Gasteiger partial charge on any atom is 0.413 e. The number of Topliss-reactive ketones (excluding diaryl/α,β-unsaturated/α-hetero) is 1. The summed E-state index contributed by atoms with van der Waals surface area (Å²) in [6.45, 7) is 4.62. The Morgan fingerprint density at radius 3 is 2.85 bits per heavy atom. The lowest BCUT2D eigenvalue weighted by Crippen LogP contribution is -2.62. The van der Waals surface area contributed by atoms with Crippen LogP contribution in [0.15, 0.2) is 24.5 Å². The van der Waals surface area contributed by atoms with Gasteiger partial charge in [-0.2, -0.15) is 0 Å². The molecule has 3 unspecified atom stereocenters. The highest BCUT2D eigenvalue weighted by Gasteiger charge is 2.47. The molecule has 1 amide bonds. The Hall–Kier alpha value is -3.99. The monoisotopic (exact) mass is 466 g/mol. The van der Waals surface area contributed by atoms with Crippen molar-refractivity contribution in [3.63, 3.8) is 0 Å². The SMILES string of the molecule is Cc1c(-c2cc3cc(NC(=O)OC4C(C)C(=O)C4N)ncc3c(N)c2F)cnc2c1NCCO2. The van der Waals surface area contributed by atoms with Gasteiger partial charge in [0.1, 0.15) is 30.3 Å². The minimum absolute atomic E-state index is 0.0664. The van der Waals surface area contributed by atoms with Crippen LogP contribution in [0.25, 0.3) is 21.9 Å². The number of hydrogen-bond acceptors (Lipinski definition) is 9. The van der Waals surface area contributed by atoms with Crippen LogP contribution < -0.4 is 26.8 Å². The summed E-state index contributed by atoms with van der Waals surface area (Å²) in [5.41, 5.74) is 14.0. The van der Waals surface area contributed by atoms with Gasteiger partial charge in [0, 0.05) is 35.5 Å². The Balaban J connectivity index is 1.47. The van der Waals surface area contributed by atoms with Crippen molar-refractivity contribution in [1.82, 2.24) is 9.97 Å². The van der Waals surface area contributed by atoms with E-state index in [0.29, 0.717) is 41.1 Å². The van der Waals surface area contributed by atoms with Gasteiger partial charge in [0.25, 0.3) is 0 Å². The molecule has 11 heteroatoms. The van der Waals surface area contributed by atoms with Crippen LogP contribution in [-0.2, 0) is 9.53 Å². The largest absolute Gasteiger partial charge is 0.474 e. The molecule has 3 heterocycles. The number of carbonyl (C=O) groups is 2. The topological polar surface area (TPSA) is 154 Å². The molecule has 1 saturated carbocycles. The number of halogens is 1. The molecule has 2 aromatic heterocycles. The summed E-state index contributed by atoms with van der Waals surface area (Å²) in [5.74, 6) is -0.548. The lowest BCUT2D eigenvalue weighted by atomic mass is 9.77. The normalized spacial score (nSPS) is 21.2. The number of aromatic nitrogens is 2. The summed E-state index contributed by atoms with van der Waals surface area (Å²) < 4.78 is 26.1. The van der Waals surface area contributed by atoms with Crippen molar-refractivity contribution < 1.29 is 23.5 Å². The van der Waals surface area contributed by atoms with Gasteiger partial charge in [-0.1, -0.05) is 6.92 Å². The van der Waals surface area contributed by atoms with Crippen molar-refractivity contribution >= 4 is 39.8 Å². The summed E-state index contributed by atoms with van der Waals surface area (Å²) >= 11 is 0. The van der Waals surface area contributed by atoms with Crippen LogP contribution in [0.2, 0.25) is 0 Å². The van der Waals surface area contributed by atoms with Gasteiger partial charge in [-0.25, -0.2) is 19.2 Å². The Morgan fingerprint density at radius 1 is 1.29 bits per heavy atom. The van der Waals surface area contributed by atoms with E-state index in [1.54, 1.807) is 25.3 Å². The number of benzene rings is 1. The molecule has 0 saturated heterocycles. The highest BCUT2D eigenvalue weighted by atomic mass is 19.1. The molecule has 1 fully saturated rings. The van der Waals surface area contributed by atoms with E-state index in [0.717, 1.165) is 5.56 Å². The number of ether oxygens (including phenoxy) is 2. The third kappa shape index (κ3) is 3.45. The number of carbonyl (C=O) groups excluding carboxylic acids is 2. The fraction of sp³-hybridized carbons (Fsp3) is 0.304. The molecule has 3 atom stereocenters. The van der Waals surface area contributed by atoms with Crippen molar-refractivity contribution in [1.29, 1.82) is 0 Å². The standard InChI is InChI=1S/C23H23FN6O4/c1-9-13(7-29-22-19(9)27-3-4-33-22)12-5-11-6-15(28-8-14(11)17(25)16(12)24)30-23(32)34-21-10(2)20(31)18(21)26/h5-8,10,18,21,27H,3-4,25-26H2,1-2H3,(H,28,30,32). The van der Waals surface area contributed by atoms with E-state index in [4.69, 9.17) is 20.9 Å². The quantitative estimate of drug-likeness (QED) is 0.426. The second kappa shape index (κ2) is 8.10. The average molecular weight is 466 g/mol. The molecular weight excluding hydrogens is 443 g/mol. The second-order valence-electron chi connectivity index (χ2n) is 8.41. The summed E-state index contributed by atoms with van der Waals surface area (Å²) in [6, 6.07) is 2.36. The van der Waals surface area contributed by atoms with Crippen molar-refractivity contribution in [3.8, 4) is 17.0 Å². The summed E-state index contributed by atoms with van der Waals surface area (Å²) in [6.07, 6.45) is 1.44. The molecule has 10 nitrogen and oxygen atoms in total. The number of rotatable bonds is 3. The van der Waals surface area contributed by atoms with Crippen LogP contribution in [0.5, 0.6) is 5.88 Å². The predicted molar refractivity (Wildman–Crippen MR) is 124 cm³/mol. The number of amides is 1. The number of fused-ring (bicyclic) bond motifs is 2. The van der Waals surface area contributed by atoms with Gasteiger partial charge in [-0.15, -0.1) is 0 Å². The van der Waals surface area contributed by atoms with Gasteiger partial charge in [0.05, 0.1) is 11.6 Å². The number of hydrogen-bond donors (Lipinski definition) is 4. The van der Waals surface area contributed by atoms with Crippen molar-refractivity contribution in [2.45, 2.75) is 26.0 Å². The zero-order valence-electron chi connectivity index (χ0n) is 18.5. The maximum absolute atomic E-state index is 15.3. The molecule has 3 aromatic rings. The van der Waals surface area contributed by atoms with Crippen molar-refractivity contribution in [2.75, 3.05) is 29.5 Å². The molecule has 0 radical (unpaired) electrons. The number of ketones is 1. The molecular formula is C23H23FN6O4. The maximum atomic E-state index is 15.3. The fourth-order valence-corrected chi connectivity index (χ4v) is 4.31. The summed E-state index contributed by atoms with van der Waals surface area (Å²) in [5, 5.41) is 6.71. The highest BCUT2D eigenvalue weighted by Crippen LogP contribution is 2.39. The molecule has 1 aromatic carbocycles. The van der Waals surface area contributed by atoms with E-state index >= 15 is 4.39 Å². The van der Waals surface area contributed by atoms with Gasteiger partial charge < -0.3 is 26.3 Å². The Labute approximate surface area is 193 Å². The molecule has 2 aliphatic rings. The number of nitrogens with two attached hydrogens (primary N) is 2. The predicted octanol–water partition coefficient (Wildman–Crippen LogP) is 2.59. The van der Waals surface area contributed by atoms with Crippen LogP contribution in [0, 0.1) is 18.7 Å².